The number of benzene rings is 2. The number of rotatable bonds is 3. The summed E-state index contributed by atoms with van der Waals surface area (Å²) in [6.07, 6.45) is 0.401. The molecule has 1 N–H and O–H groups in total. The molecule has 3 heteroatoms. The summed E-state index contributed by atoms with van der Waals surface area (Å²) in [7, 11) is 0. The Morgan fingerprint density at radius 2 is 1.95 bits per heavy atom. The summed E-state index contributed by atoms with van der Waals surface area (Å²) in [6, 6.07) is 13.8. The minimum absolute atomic E-state index is 0.00468. The van der Waals surface area contributed by atoms with Crippen LogP contribution in [0, 0.1) is 13.8 Å². The van der Waals surface area contributed by atoms with Crippen molar-refractivity contribution in [2.24, 2.45) is 0 Å². The fraction of sp³-hybridized carbons (Fsp3) is 0.188. The van der Waals surface area contributed by atoms with Crippen molar-refractivity contribution in [3.8, 4) is 0 Å². The molecule has 0 unspecified atom stereocenters. The zero-order valence-corrected chi connectivity index (χ0v) is 12.6. The van der Waals surface area contributed by atoms with E-state index >= 15 is 0 Å². The van der Waals surface area contributed by atoms with Gasteiger partial charge in [0.1, 0.15) is 0 Å². The zero-order chi connectivity index (χ0) is 13.8. The molecule has 0 spiro atoms. The Bertz CT molecular complexity index is 607. The number of carbonyl (C=O) groups excluding carboxylic acids is 1. The highest BCUT2D eigenvalue weighted by atomic mass is 79.9. The molecule has 0 bridgehead atoms. The van der Waals surface area contributed by atoms with Gasteiger partial charge < -0.3 is 5.32 Å². The topological polar surface area (TPSA) is 29.1 Å². The van der Waals surface area contributed by atoms with Gasteiger partial charge in [0.15, 0.2) is 0 Å². The maximum absolute atomic E-state index is 12.0. The number of hydrogen-bond donors (Lipinski definition) is 1. The first-order valence-corrected chi connectivity index (χ1v) is 6.95. The van der Waals surface area contributed by atoms with Gasteiger partial charge in [0.2, 0.25) is 5.91 Å². The van der Waals surface area contributed by atoms with Gasteiger partial charge in [-0.25, -0.2) is 0 Å². The second-order valence-corrected chi connectivity index (χ2v) is 5.58. The van der Waals surface area contributed by atoms with Crippen LogP contribution in [0.15, 0.2) is 46.9 Å². The van der Waals surface area contributed by atoms with E-state index in [0.29, 0.717) is 6.42 Å². The van der Waals surface area contributed by atoms with E-state index in [1.54, 1.807) is 0 Å². The van der Waals surface area contributed by atoms with Crippen LogP contribution in [-0.2, 0) is 11.2 Å². The molecular formula is C16H16BrNO. The van der Waals surface area contributed by atoms with Crippen LogP contribution in [0.1, 0.15) is 16.7 Å². The summed E-state index contributed by atoms with van der Waals surface area (Å²) in [4.78, 5) is 12.0. The van der Waals surface area contributed by atoms with Gasteiger partial charge in [0.05, 0.1) is 6.42 Å². The molecule has 0 aliphatic rings. The average molecular weight is 318 g/mol. The second-order valence-electron chi connectivity index (χ2n) is 4.67. The Hall–Kier alpha value is -1.61. The first-order chi connectivity index (χ1) is 9.04. The number of amides is 1. The lowest BCUT2D eigenvalue weighted by Crippen LogP contribution is -2.15. The van der Waals surface area contributed by atoms with Crippen LogP contribution < -0.4 is 5.32 Å². The van der Waals surface area contributed by atoms with Crippen molar-refractivity contribution in [3.05, 3.63) is 63.6 Å². The molecule has 0 radical (unpaired) electrons. The van der Waals surface area contributed by atoms with Crippen molar-refractivity contribution in [1.82, 2.24) is 0 Å². The molecule has 0 atom stereocenters. The summed E-state index contributed by atoms with van der Waals surface area (Å²) in [6.45, 7) is 4.09. The Morgan fingerprint density at radius 1 is 1.16 bits per heavy atom. The van der Waals surface area contributed by atoms with E-state index in [0.717, 1.165) is 21.3 Å². The molecule has 98 valence electrons. The normalized spacial score (nSPS) is 10.3. The number of anilines is 1. The highest BCUT2D eigenvalue weighted by Gasteiger charge is 2.06. The molecule has 0 aromatic heterocycles. The van der Waals surface area contributed by atoms with Gasteiger partial charge in [0, 0.05) is 10.2 Å². The molecule has 0 saturated carbocycles. The predicted molar refractivity (Wildman–Crippen MR) is 82.4 cm³/mol. The van der Waals surface area contributed by atoms with E-state index < -0.39 is 0 Å². The van der Waals surface area contributed by atoms with Crippen molar-refractivity contribution in [2.45, 2.75) is 20.3 Å². The predicted octanol–water partition coefficient (Wildman–Crippen LogP) is 4.25. The minimum Gasteiger partial charge on any atom is -0.326 e. The smallest absolute Gasteiger partial charge is 0.228 e. The summed E-state index contributed by atoms with van der Waals surface area (Å²) in [5.74, 6) is 0.00468. The Labute approximate surface area is 122 Å². The van der Waals surface area contributed by atoms with Crippen LogP contribution in [0.4, 0.5) is 5.69 Å². The summed E-state index contributed by atoms with van der Waals surface area (Å²) < 4.78 is 0.955. The van der Waals surface area contributed by atoms with Gasteiger partial charge in [-0.15, -0.1) is 0 Å². The van der Waals surface area contributed by atoms with E-state index in [1.165, 1.54) is 5.56 Å². The molecule has 0 aliphatic carbocycles. The Morgan fingerprint density at radius 3 is 2.63 bits per heavy atom. The third kappa shape index (κ3) is 3.93. The Balaban J connectivity index is 2.05. The van der Waals surface area contributed by atoms with Gasteiger partial charge in [0.25, 0.3) is 0 Å². The minimum atomic E-state index is 0.00468. The van der Waals surface area contributed by atoms with Crippen molar-refractivity contribution in [2.75, 3.05) is 5.32 Å². The van der Waals surface area contributed by atoms with E-state index in [9.17, 15) is 4.79 Å². The molecular weight excluding hydrogens is 302 g/mol. The van der Waals surface area contributed by atoms with Crippen molar-refractivity contribution >= 4 is 27.5 Å². The van der Waals surface area contributed by atoms with Gasteiger partial charge in [-0.3, -0.25) is 4.79 Å². The standard InChI is InChI=1S/C16H16BrNO/c1-11-6-7-13(12(2)8-11)9-16(19)18-15-5-3-4-14(17)10-15/h3-8,10H,9H2,1-2H3,(H,18,19). The summed E-state index contributed by atoms with van der Waals surface area (Å²) in [5, 5.41) is 2.90. The molecule has 2 aromatic rings. The van der Waals surface area contributed by atoms with Gasteiger partial charge in [-0.05, 0) is 43.2 Å². The van der Waals surface area contributed by atoms with Crippen molar-refractivity contribution < 1.29 is 4.79 Å². The van der Waals surface area contributed by atoms with E-state index in [1.807, 2.05) is 43.3 Å². The van der Waals surface area contributed by atoms with E-state index in [4.69, 9.17) is 0 Å². The van der Waals surface area contributed by atoms with Crippen LogP contribution in [0.3, 0.4) is 0 Å². The average Bonchev–Trinajstić information content (AvgIpc) is 2.33. The molecule has 1 amide bonds. The molecule has 0 heterocycles. The number of nitrogens with one attached hydrogen (secondary N) is 1. The lowest BCUT2D eigenvalue weighted by atomic mass is 10.0. The van der Waals surface area contributed by atoms with E-state index in [-0.39, 0.29) is 5.91 Å². The first kappa shape index (κ1) is 13.8. The zero-order valence-electron chi connectivity index (χ0n) is 11.0. The first-order valence-electron chi connectivity index (χ1n) is 6.16. The van der Waals surface area contributed by atoms with Crippen LogP contribution in [0.2, 0.25) is 0 Å². The van der Waals surface area contributed by atoms with Crippen molar-refractivity contribution in [3.63, 3.8) is 0 Å². The fourth-order valence-electron chi connectivity index (χ4n) is 1.99. The van der Waals surface area contributed by atoms with Crippen LogP contribution >= 0.6 is 15.9 Å². The highest BCUT2D eigenvalue weighted by molar-refractivity contribution is 9.10. The fourth-order valence-corrected chi connectivity index (χ4v) is 2.39. The maximum atomic E-state index is 12.0. The number of carbonyl (C=O) groups is 1. The van der Waals surface area contributed by atoms with Crippen molar-refractivity contribution in [1.29, 1.82) is 0 Å². The van der Waals surface area contributed by atoms with Crippen LogP contribution in [0.25, 0.3) is 0 Å². The number of hydrogen-bond acceptors (Lipinski definition) is 1. The largest absolute Gasteiger partial charge is 0.326 e. The number of halogens is 1. The van der Waals surface area contributed by atoms with Gasteiger partial charge in [-0.2, -0.15) is 0 Å². The van der Waals surface area contributed by atoms with Crippen LogP contribution in [-0.4, -0.2) is 5.91 Å². The molecule has 19 heavy (non-hydrogen) atoms. The van der Waals surface area contributed by atoms with Gasteiger partial charge >= 0.3 is 0 Å². The summed E-state index contributed by atoms with van der Waals surface area (Å²) >= 11 is 3.39. The molecule has 0 aliphatic heterocycles. The quantitative estimate of drug-likeness (QED) is 0.901. The third-order valence-corrected chi connectivity index (χ3v) is 3.45. The number of aryl methyl sites for hydroxylation is 2. The SMILES string of the molecule is Cc1ccc(CC(=O)Nc2cccc(Br)c2)c(C)c1. The third-order valence-electron chi connectivity index (χ3n) is 2.96. The lowest BCUT2D eigenvalue weighted by molar-refractivity contribution is -0.115. The second kappa shape index (κ2) is 6.02. The summed E-state index contributed by atoms with van der Waals surface area (Å²) in [5.41, 5.74) is 4.25. The molecule has 0 fully saturated rings. The monoisotopic (exact) mass is 317 g/mol. The molecule has 2 rings (SSSR count). The van der Waals surface area contributed by atoms with Crippen LogP contribution in [0.5, 0.6) is 0 Å². The van der Waals surface area contributed by atoms with E-state index in [2.05, 4.69) is 34.2 Å². The molecule has 2 nitrogen and oxygen atoms in total. The lowest BCUT2D eigenvalue weighted by Gasteiger charge is -2.08. The molecule has 0 saturated heterocycles. The highest BCUT2D eigenvalue weighted by Crippen LogP contribution is 2.17. The molecule has 2 aromatic carbocycles. The Kier molecular flexibility index (Phi) is 4.38. The maximum Gasteiger partial charge on any atom is 0.228 e. The van der Waals surface area contributed by atoms with Gasteiger partial charge in [-0.1, -0.05) is 45.8 Å².